The molecule has 1 nitrogen and oxygen atoms in total. The van der Waals surface area contributed by atoms with Crippen molar-refractivity contribution in [2.75, 3.05) is 6.54 Å². The monoisotopic (exact) mass is 273 g/mol. The number of hydrogen-bond acceptors (Lipinski definition) is 1. The molecule has 1 heteroatoms. The van der Waals surface area contributed by atoms with Crippen LogP contribution in [-0.4, -0.2) is 6.54 Å². The Bertz CT molecular complexity index is 790. The van der Waals surface area contributed by atoms with Gasteiger partial charge >= 0.3 is 0 Å². The summed E-state index contributed by atoms with van der Waals surface area (Å²) >= 11 is 0. The zero-order chi connectivity index (χ0) is 14.2. The average Bonchev–Trinajstić information content (AvgIpc) is 2.55. The van der Waals surface area contributed by atoms with Crippen LogP contribution in [0.2, 0.25) is 0 Å². The maximum absolute atomic E-state index is 3.63. The lowest BCUT2D eigenvalue weighted by atomic mass is 9.82. The molecule has 0 aliphatic carbocycles. The molecule has 0 aromatic heterocycles. The summed E-state index contributed by atoms with van der Waals surface area (Å²) < 4.78 is 0. The Hall–Kier alpha value is -2.12. The van der Waals surface area contributed by atoms with Gasteiger partial charge in [-0.25, -0.2) is 0 Å². The number of nitrogens with one attached hydrogen (secondary N) is 1. The fraction of sp³-hybridized carbons (Fsp3) is 0.200. The molecule has 0 saturated carbocycles. The minimum Gasteiger partial charge on any atom is -0.309 e. The summed E-state index contributed by atoms with van der Waals surface area (Å²) in [5, 5.41) is 6.27. The van der Waals surface area contributed by atoms with Crippen molar-refractivity contribution in [2.45, 2.75) is 18.9 Å². The second-order valence-electron chi connectivity index (χ2n) is 5.92. The van der Waals surface area contributed by atoms with Crippen molar-refractivity contribution in [3.05, 3.63) is 83.4 Å². The summed E-state index contributed by atoms with van der Waals surface area (Å²) in [5.74, 6) is 0.446. The molecular formula is C20H19N. The molecule has 21 heavy (non-hydrogen) atoms. The van der Waals surface area contributed by atoms with Gasteiger partial charge in [0.1, 0.15) is 0 Å². The molecule has 0 radical (unpaired) electrons. The number of rotatable bonds is 1. The molecule has 0 saturated heterocycles. The fourth-order valence-electron chi connectivity index (χ4n) is 3.46. The standard InChI is InChI=1S/C20H19N/c1-14-18-8-4-5-9-19(18)20(13-21-14)17-11-10-15-6-2-3-7-16(15)12-17/h2-12,14,20-21H,13H2,1H3. The molecule has 2 atom stereocenters. The first-order valence-electron chi connectivity index (χ1n) is 7.64. The fourth-order valence-corrected chi connectivity index (χ4v) is 3.46. The number of fused-ring (bicyclic) bond motifs is 2. The van der Waals surface area contributed by atoms with Gasteiger partial charge in [-0.1, -0.05) is 66.7 Å². The second-order valence-corrected chi connectivity index (χ2v) is 5.92. The van der Waals surface area contributed by atoms with E-state index in [0.717, 1.165) is 6.54 Å². The normalized spacial score (nSPS) is 21.2. The third kappa shape index (κ3) is 2.14. The molecular weight excluding hydrogens is 254 g/mol. The average molecular weight is 273 g/mol. The Morgan fingerprint density at radius 1 is 0.810 bits per heavy atom. The van der Waals surface area contributed by atoms with E-state index in [4.69, 9.17) is 0 Å². The Kier molecular flexibility index (Phi) is 3.01. The van der Waals surface area contributed by atoms with Crippen LogP contribution < -0.4 is 5.32 Å². The number of benzene rings is 3. The third-order valence-electron chi connectivity index (χ3n) is 4.64. The summed E-state index contributed by atoms with van der Waals surface area (Å²) in [5.41, 5.74) is 4.31. The molecule has 0 bridgehead atoms. The maximum Gasteiger partial charge on any atom is 0.0295 e. The van der Waals surface area contributed by atoms with Crippen LogP contribution in [-0.2, 0) is 0 Å². The molecule has 1 N–H and O–H groups in total. The van der Waals surface area contributed by atoms with Crippen molar-refractivity contribution in [3.8, 4) is 0 Å². The van der Waals surface area contributed by atoms with Crippen LogP contribution in [0.1, 0.15) is 35.6 Å². The van der Waals surface area contributed by atoms with Gasteiger partial charge in [0.25, 0.3) is 0 Å². The van der Waals surface area contributed by atoms with Crippen LogP contribution >= 0.6 is 0 Å². The Balaban J connectivity index is 1.84. The Morgan fingerprint density at radius 3 is 2.38 bits per heavy atom. The molecule has 104 valence electrons. The lowest BCUT2D eigenvalue weighted by Crippen LogP contribution is -2.31. The number of hydrogen-bond donors (Lipinski definition) is 1. The van der Waals surface area contributed by atoms with Crippen molar-refractivity contribution < 1.29 is 0 Å². The summed E-state index contributed by atoms with van der Waals surface area (Å²) in [4.78, 5) is 0. The maximum atomic E-state index is 3.63. The molecule has 0 amide bonds. The van der Waals surface area contributed by atoms with Gasteiger partial charge in [-0.2, -0.15) is 0 Å². The summed E-state index contributed by atoms with van der Waals surface area (Å²) in [7, 11) is 0. The molecule has 1 aliphatic rings. The van der Waals surface area contributed by atoms with Crippen LogP contribution in [0.15, 0.2) is 66.7 Å². The van der Waals surface area contributed by atoms with E-state index in [1.807, 2.05) is 0 Å². The van der Waals surface area contributed by atoms with Crippen LogP contribution in [0, 0.1) is 0 Å². The van der Waals surface area contributed by atoms with Gasteiger partial charge in [0.15, 0.2) is 0 Å². The van der Waals surface area contributed by atoms with Crippen molar-refractivity contribution >= 4 is 10.8 Å². The van der Waals surface area contributed by atoms with Gasteiger partial charge in [-0.05, 0) is 34.4 Å². The van der Waals surface area contributed by atoms with Gasteiger partial charge in [0.05, 0.1) is 0 Å². The smallest absolute Gasteiger partial charge is 0.0295 e. The van der Waals surface area contributed by atoms with Crippen molar-refractivity contribution in [1.29, 1.82) is 0 Å². The Morgan fingerprint density at radius 2 is 1.52 bits per heavy atom. The van der Waals surface area contributed by atoms with E-state index in [0.29, 0.717) is 12.0 Å². The van der Waals surface area contributed by atoms with E-state index in [-0.39, 0.29) is 0 Å². The van der Waals surface area contributed by atoms with Crippen molar-refractivity contribution in [2.24, 2.45) is 0 Å². The highest BCUT2D eigenvalue weighted by atomic mass is 14.9. The van der Waals surface area contributed by atoms with Gasteiger partial charge in [-0.15, -0.1) is 0 Å². The highest BCUT2D eigenvalue weighted by molar-refractivity contribution is 5.83. The van der Waals surface area contributed by atoms with E-state index in [2.05, 4.69) is 79.0 Å². The lowest BCUT2D eigenvalue weighted by molar-refractivity contribution is 0.508. The molecule has 3 aromatic carbocycles. The zero-order valence-electron chi connectivity index (χ0n) is 12.2. The topological polar surface area (TPSA) is 12.0 Å². The first-order valence-corrected chi connectivity index (χ1v) is 7.64. The van der Waals surface area contributed by atoms with E-state index >= 15 is 0 Å². The largest absolute Gasteiger partial charge is 0.309 e. The minimum atomic E-state index is 0.443. The summed E-state index contributed by atoms with van der Waals surface area (Å²) in [6.45, 7) is 3.26. The first kappa shape index (κ1) is 12.6. The Labute approximate surface area is 125 Å². The highest BCUT2D eigenvalue weighted by Gasteiger charge is 2.24. The SMILES string of the molecule is CC1NCC(c2ccc3ccccc3c2)c2ccccc21. The molecule has 0 fully saturated rings. The van der Waals surface area contributed by atoms with E-state index in [1.54, 1.807) is 0 Å². The molecule has 1 heterocycles. The third-order valence-corrected chi connectivity index (χ3v) is 4.64. The van der Waals surface area contributed by atoms with E-state index < -0.39 is 0 Å². The van der Waals surface area contributed by atoms with Crippen molar-refractivity contribution in [3.63, 3.8) is 0 Å². The van der Waals surface area contributed by atoms with Gasteiger partial charge < -0.3 is 5.32 Å². The zero-order valence-corrected chi connectivity index (χ0v) is 12.2. The second kappa shape index (κ2) is 5.01. The van der Waals surface area contributed by atoms with Crippen LogP contribution in [0.25, 0.3) is 10.8 Å². The molecule has 4 rings (SSSR count). The van der Waals surface area contributed by atoms with Crippen LogP contribution in [0.4, 0.5) is 0 Å². The van der Waals surface area contributed by atoms with Crippen LogP contribution in [0.5, 0.6) is 0 Å². The molecule has 0 spiro atoms. The summed E-state index contributed by atoms with van der Waals surface area (Å²) in [6.07, 6.45) is 0. The minimum absolute atomic E-state index is 0.443. The lowest BCUT2D eigenvalue weighted by Gasteiger charge is -2.31. The van der Waals surface area contributed by atoms with E-state index in [9.17, 15) is 0 Å². The van der Waals surface area contributed by atoms with Gasteiger partial charge in [-0.3, -0.25) is 0 Å². The van der Waals surface area contributed by atoms with E-state index in [1.165, 1.54) is 27.5 Å². The molecule has 2 unspecified atom stereocenters. The highest BCUT2D eigenvalue weighted by Crippen LogP contribution is 2.35. The summed E-state index contributed by atoms with van der Waals surface area (Å²) in [6, 6.07) is 24.7. The quantitative estimate of drug-likeness (QED) is 0.681. The first-order chi connectivity index (χ1) is 10.3. The predicted molar refractivity (Wildman–Crippen MR) is 88.7 cm³/mol. The van der Waals surface area contributed by atoms with Crippen molar-refractivity contribution in [1.82, 2.24) is 5.32 Å². The van der Waals surface area contributed by atoms with Gasteiger partial charge in [0.2, 0.25) is 0 Å². The predicted octanol–water partition coefficient (Wildman–Crippen LogP) is 4.64. The molecule has 1 aliphatic heterocycles. The van der Waals surface area contributed by atoms with Gasteiger partial charge in [0, 0.05) is 18.5 Å². The molecule has 3 aromatic rings. The van der Waals surface area contributed by atoms with Crippen LogP contribution in [0.3, 0.4) is 0 Å².